The molecule has 2 rings (SSSR count). The zero-order valence-corrected chi connectivity index (χ0v) is 14.3. The van der Waals surface area contributed by atoms with Crippen LogP contribution in [0, 0.1) is 5.92 Å². The van der Waals surface area contributed by atoms with Crippen molar-refractivity contribution < 1.29 is 14.3 Å². The minimum Gasteiger partial charge on any atom is -0.468 e. The van der Waals surface area contributed by atoms with E-state index in [0.717, 1.165) is 51.0 Å². The molecule has 4 nitrogen and oxygen atoms in total. The van der Waals surface area contributed by atoms with Gasteiger partial charge in [-0.2, -0.15) is 11.8 Å². The fraction of sp³-hybridized carbons (Fsp3) is 0.938. The zero-order chi connectivity index (χ0) is 15.3. The van der Waals surface area contributed by atoms with E-state index in [1.165, 1.54) is 7.11 Å². The van der Waals surface area contributed by atoms with Crippen molar-refractivity contribution in [2.75, 3.05) is 26.0 Å². The molecule has 4 unspecified atom stereocenters. The van der Waals surface area contributed by atoms with Crippen LogP contribution in [0.25, 0.3) is 0 Å². The van der Waals surface area contributed by atoms with Crippen LogP contribution < -0.4 is 5.32 Å². The van der Waals surface area contributed by atoms with Crippen molar-refractivity contribution >= 4 is 17.7 Å². The van der Waals surface area contributed by atoms with E-state index in [0.29, 0.717) is 17.3 Å². The van der Waals surface area contributed by atoms with Crippen LogP contribution in [0.3, 0.4) is 0 Å². The molecule has 2 aliphatic rings. The summed E-state index contributed by atoms with van der Waals surface area (Å²) in [6, 6.07) is 0. The van der Waals surface area contributed by atoms with Crippen LogP contribution in [0.15, 0.2) is 0 Å². The first-order chi connectivity index (χ1) is 10.1. The fourth-order valence-electron chi connectivity index (χ4n) is 3.83. The van der Waals surface area contributed by atoms with Gasteiger partial charge in [0.05, 0.1) is 13.2 Å². The monoisotopic (exact) mass is 315 g/mol. The van der Waals surface area contributed by atoms with Gasteiger partial charge in [0.15, 0.2) is 0 Å². The van der Waals surface area contributed by atoms with Gasteiger partial charge in [-0.15, -0.1) is 0 Å². The fourth-order valence-corrected chi connectivity index (χ4v) is 5.17. The first kappa shape index (κ1) is 17.1. The van der Waals surface area contributed by atoms with Gasteiger partial charge >= 0.3 is 5.97 Å². The number of methoxy groups -OCH3 is 1. The van der Waals surface area contributed by atoms with Crippen LogP contribution in [0.4, 0.5) is 0 Å². The molecule has 4 atom stereocenters. The van der Waals surface area contributed by atoms with E-state index in [9.17, 15) is 4.79 Å². The number of esters is 1. The summed E-state index contributed by atoms with van der Waals surface area (Å²) in [5.41, 5.74) is -0.443. The molecule has 0 aromatic heterocycles. The van der Waals surface area contributed by atoms with Gasteiger partial charge in [0.25, 0.3) is 0 Å². The van der Waals surface area contributed by atoms with E-state index in [2.05, 4.69) is 19.2 Å². The first-order valence-electron chi connectivity index (χ1n) is 8.20. The Bertz CT molecular complexity index is 352. The molecule has 0 aromatic rings. The molecule has 1 heterocycles. The molecule has 2 fully saturated rings. The highest BCUT2D eigenvalue weighted by molar-refractivity contribution is 7.99. The molecule has 1 aliphatic heterocycles. The SMILES string of the molecule is CCNC1(C(=O)OC)CCCC1CCSC1CCOC1C. The highest BCUT2D eigenvalue weighted by Crippen LogP contribution is 2.40. The third kappa shape index (κ3) is 3.74. The van der Waals surface area contributed by atoms with Crippen LogP contribution in [-0.2, 0) is 14.3 Å². The lowest BCUT2D eigenvalue weighted by atomic mass is 9.85. The second-order valence-electron chi connectivity index (χ2n) is 6.14. The van der Waals surface area contributed by atoms with E-state index in [4.69, 9.17) is 9.47 Å². The van der Waals surface area contributed by atoms with Gasteiger partial charge in [-0.25, -0.2) is 0 Å². The van der Waals surface area contributed by atoms with Gasteiger partial charge in [-0.3, -0.25) is 4.79 Å². The highest BCUT2D eigenvalue weighted by atomic mass is 32.2. The lowest BCUT2D eigenvalue weighted by Gasteiger charge is -2.33. The molecule has 21 heavy (non-hydrogen) atoms. The lowest BCUT2D eigenvalue weighted by molar-refractivity contribution is -0.150. The van der Waals surface area contributed by atoms with E-state index in [1.807, 2.05) is 11.8 Å². The number of rotatable bonds is 7. The minimum absolute atomic E-state index is 0.0746. The first-order valence-corrected chi connectivity index (χ1v) is 9.25. The smallest absolute Gasteiger partial charge is 0.326 e. The Labute approximate surface area is 132 Å². The van der Waals surface area contributed by atoms with Gasteiger partial charge in [-0.1, -0.05) is 13.3 Å². The average molecular weight is 315 g/mol. The Hall–Kier alpha value is -0.260. The highest BCUT2D eigenvalue weighted by Gasteiger charge is 2.48. The number of hydrogen-bond acceptors (Lipinski definition) is 5. The molecular formula is C16H29NO3S. The minimum atomic E-state index is -0.443. The summed E-state index contributed by atoms with van der Waals surface area (Å²) >= 11 is 2.01. The van der Waals surface area contributed by atoms with Crippen molar-refractivity contribution in [1.82, 2.24) is 5.32 Å². The summed E-state index contributed by atoms with van der Waals surface area (Å²) < 4.78 is 10.7. The molecule has 122 valence electrons. The lowest BCUT2D eigenvalue weighted by Crippen LogP contribution is -2.55. The number of thioether (sulfide) groups is 1. The predicted molar refractivity (Wildman–Crippen MR) is 86.7 cm³/mol. The number of nitrogens with one attached hydrogen (secondary N) is 1. The van der Waals surface area contributed by atoms with Crippen molar-refractivity contribution in [3.8, 4) is 0 Å². The Kier molecular flexibility index (Phi) is 6.38. The van der Waals surface area contributed by atoms with Gasteiger partial charge in [0.2, 0.25) is 0 Å². The third-order valence-electron chi connectivity index (χ3n) is 4.97. The maximum absolute atomic E-state index is 12.3. The molecule has 0 spiro atoms. The molecular weight excluding hydrogens is 286 g/mol. The van der Waals surface area contributed by atoms with Crippen molar-refractivity contribution in [2.24, 2.45) is 5.92 Å². The molecule has 1 N–H and O–H groups in total. The largest absolute Gasteiger partial charge is 0.468 e. The third-order valence-corrected chi connectivity index (χ3v) is 6.49. The number of likely N-dealkylation sites (N-methyl/N-ethyl adjacent to an activating group) is 1. The zero-order valence-electron chi connectivity index (χ0n) is 13.5. The second kappa shape index (κ2) is 7.84. The van der Waals surface area contributed by atoms with Crippen LogP contribution in [-0.4, -0.2) is 48.9 Å². The molecule has 1 aliphatic carbocycles. The van der Waals surface area contributed by atoms with E-state index in [1.54, 1.807) is 0 Å². The summed E-state index contributed by atoms with van der Waals surface area (Å²) in [6.45, 7) is 5.93. The van der Waals surface area contributed by atoms with Crippen LogP contribution in [0.2, 0.25) is 0 Å². The van der Waals surface area contributed by atoms with Crippen molar-refractivity contribution in [3.05, 3.63) is 0 Å². The Balaban J connectivity index is 1.89. The van der Waals surface area contributed by atoms with Gasteiger partial charge < -0.3 is 14.8 Å². The summed E-state index contributed by atoms with van der Waals surface area (Å²) in [5.74, 6) is 1.43. The number of carbonyl (C=O) groups excluding carboxylic acids is 1. The molecule has 0 radical (unpaired) electrons. The van der Waals surface area contributed by atoms with E-state index < -0.39 is 5.54 Å². The molecule has 5 heteroatoms. The second-order valence-corrected chi connectivity index (χ2v) is 7.49. The number of ether oxygens (including phenoxy) is 2. The molecule has 0 amide bonds. The Morgan fingerprint density at radius 1 is 1.48 bits per heavy atom. The van der Waals surface area contributed by atoms with Gasteiger partial charge in [-0.05, 0) is 50.8 Å². The van der Waals surface area contributed by atoms with Gasteiger partial charge in [0.1, 0.15) is 5.54 Å². The summed E-state index contributed by atoms with van der Waals surface area (Å²) in [7, 11) is 1.50. The van der Waals surface area contributed by atoms with Crippen LogP contribution in [0.5, 0.6) is 0 Å². The topological polar surface area (TPSA) is 47.6 Å². The summed E-state index contributed by atoms with van der Waals surface area (Å²) in [5, 5.41) is 4.06. The number of carbonyl (C=O) groups is 1. The summed E-state index contributed by atoms with van der Waals surface area (Å²) in [4.78, 5) is 12.3. The van der Waals surface area contributed by atoms with Crippen molar-refractivity contribution in [1.29, 1.82) is 0 Å². The molecule has 0 aromatic carbocycles. The molecule has 0 bridgehead atoms. The van der Waals surface area contributed by atoms with E-state index >= 15 is 0 Å². The molecule has 1 saturated heterocycles. The van der Waals surface area contributed by atoms with Crippen LogP contribution >= 0.6 is 11.8 Å². The predicted octanol–water partition coefficient (Wildman–Crippen LogP) is 2.61. The maximum atomic E-state index is 12.3. The Morgan fingerprint density at radius 2 is 2.29 bits per heavy atom. The van der Waals surface area contributed by atoms with Gasteiger partial charge in [0, 0.05) is 11.9 Å². The van der Waals surface area contributed by atoms with Crippen molar-refractivity contribution in [2.45, 2.75) is 62.8 Å². The Morgan fingerprint density at radius 3 is 2.90 bits per heavy atom. The average Bonchev–Trinajstić information content (AvgIpc) is 3.07. The van der Waals surface area contributed by atoms with Crippen LogP contribution in [0.1, 0.15) is 46.0 Å². The summed E-state index contributed by atoms with van der Waals surface area (Å²) in [6.07, 6.45) is 5.76. The van der Waals surface area contributed by atoms with E-state index in [-0.39, 0.29) is 5.97 Å². The molecule has 1 saturated carbocycles. The maximum Gasteiger partial charge on any atom is 0.326 e. The quantitative estimate of drug-likeness (QED) is 0.732. The normalized spacial score (nSPS) is 36.0. The number of hydrogen-bond donors (Lipinski definition) is 1. The standard InChI is InChI=1S/C16H29NO3S/c1-4-17-16(15(18)19-3)9-5-6-13(16)8-11-21-14-7-10-20-12(14)2/h12-14,17H,4-11H2,1-3H3. The van der Waals surface area contributed by atoms with Crippen molar-refractivity contribution in [3.63, 3.8) is 0 Å².